The van der Waals surface area contributed by atoms with Crippen LogP contribution in [0.15, 0.2) is 65.2 Å². The summed E-state index contributed by atoms with van der Waals surface area (Å²) < 4.78 is 44.6. The summed E-state index contributed by atoms with van der Waals surface area (Å²) in [7, 11) is 1.51. The van der Waals surface area contributed by atoms with Crippen LogP contribution in [0, 0.1) is 5.92 Å². The number of hydrogen-bond acceptors (Lipinski definition) is 10. The van der Waals surface area contributed by atoms with Crippen LogP contribution in [0.1, 0.15) is 61.0 Å². The van der Waals surface area contributed by atoms with E-state index in [1.165, 1.54) is 13.2 Å². The molecule has 2 saturated heterocycles. The molecule has 4 aromatic rings. The molecule has 4 atom stereocenters. The molecule has 7 rings (SSSR count). The van der Waals surface area contributed by atoms with E-state index in [9.17, 15) is 23.5 Å². The number of fused-ring (bicyclic) bond motifs is 1. The molecule has 4 heterocycles. The van der Waals surface area contributed by atoms with E-state index >= 15 is 0 Å². The number of carboxylic acid groups (broad SMARTS) is 1. The van der Waals surface area contributed by atoms with Gasteiger partial charge in [-0.25, -0.2) is 9.97 Å². The number of carbonyl (C=O) groups is 2. The molecule has 1 amide bonds. The maximum atomic E-state index is 13.7. The number of allylic oxidation sites excluding steroid dienone is 4. The molecule has 2 aliphatic heterocycles. The minimum absolute atomic E-state index is 0.0347. The first-order valence-corrected chi connectivity index (χ1v) is 17.9. The van der Waals surface area contributed by atoms with Crippen molar-refractivity contribution in [2.45, 2.75) is 69.8 Å². The smallest absolute Gasteiger partial charge is 0.387 e. The number of alkyl halides is 2. The Morgan fingerprint density at radius 2 is 2.08 bits per heavy atom. The number of oxazole rings is 1. The Morgan fingerprint density at radius 3 is 2.81 bits per heavy atom. The zero-order chi connectivity index (χ0) is 37.3. The van der Waals surface area contributed by atoms with Gasteiger partial charge in [-0.15, -0.1) is 0 Å². The third-order valence-corrected chi connectivity index (χ3v) is 10.7. The minimum atomic E-state index is -3.12. The van der Waals surface area contributed by atoms with Gasteiger partial charge < -0.3 is 29.6 Å². The summed E-state index contributed by atoms with van der Waals surface area (Å²) in [4.78, 5) is 40.0. The van der Waals surface area contributed by atoms with Crippen molar-refractivity contribution >= 4 is 40.2 Å². The molecule has 0 spiro atoms. The standard InChI is InChI=1S/C38H39ClF2N6O6/c1-21-24(25-7-3-4-9-26(25)39)8-5-13-38(21,32-19-43-28(34(46-32)51-2)18-42-17-23-11-12-33(48)44-23)36-45-27-15-22(20-47-14-6-10-29(47)35(49)50)30(53-37(40)41)16-31(27)52-36/h3-5,7-9,13,15-16,19,21,23,29,37,42H,6,10-12,14,17-18,20H2,1-2H3,(H,44,48)(H,49,50)/t21?,23?,29-,38?/m0/s1. The number of nitrogens with one attached hydrogen (secondary N) is 2. The average molecular weight is 749 g/mol. The molecule has 2 fully saturated rings. The summed E-state index contributed by atoms with van der Waals surface area (Å²) in [5.74, 6) is -0.949. The number of aliphatic carboxylic acids is 1. The number of nitrogens with zero attached hydrogens (tertiary/aromatic N) is 4. The summed E-state index contributed by atoms with van der Waals surface area (Å²) >= 11 is 6.72. The number of benzene rings is 2. The van der Waals surface area contributed by atoms with Crippen molar-refractivity contribution in [1.82, 2.24) is 30.5 Å². The van der Waals surface area contributed by atoms with E-state index in [0.29, 0.717) is 66.4 Å². The van der Waals surface area contributed by atoms with Crippen molar-refractivity contribution in [1.29, 1.82) is 0 Å². The van der Waals surface area contributed by atoms with Gasteiger partial charge in [0.25, 0.3) is 0 Å². The summed E-state index contributed by atoms with van der Waals surface area (Å²) in [6.07, 6.45) is 9.81. The van der Waals surface area contributed by atoms with Gasteiger partial charge in [-0.3, -0.25) is 19.5 Å². The van der Waals surface area contributed by atoms with Crippen LogP contribution in [0.2, 0.25) is 5.02 Å². The Labute approximate surface area is 309 Å². The predicted molar refractivity (Wildman–Crippen MR) is 192 cm³/mol. The molecule has 12 nitrogen and oxygen atoms in total. The number of halogens is 3. The van der Waals surface area contributed by atoms with Crippen LogP contribution in [-0.4, -0.2) is 75.7 Å². The van der Waals surface area contributed by atoms with Crippen LogP contribution in [0.5, 0.6) is 11.6 Å². The van der Waals surface area contributed by atoms with E-state index in [4.69, 9.17) is 40.4 Å². The number of amides is 1. The van der Waals surface area contributed by atoms with Crippen molar-refractivity contribution in [2.24, 2.45) is 5.92 Å². The predicted octanol–water partition coefficient (Wildman–Crippen LogP) is 5.87. The Bertz CT molecular complexity index is 2090. The van der Waals surface area contributed by atoms with Gasteiger partial charge in [0, 0.05) is 54.7 Å². The lowest BCUT2D eigenvalue weighted by Crippen LogP contribution is -2.37. The summed E-state index contributed by atoms with van der Waals surface area (Å²) in [5, 5.41) is 16.6. The monoisotopic (exact) mass is 748 g/mol. The van der Waals surface area contributed by atoms with E-state index in [2.05, 4.69) is 10.6 Å². The molecular formula is C38H39ClF2N6O6. The van der Waals surface area contributed by atoms with E-state index in [0.717, 1.165) is 17.6 Å². The number of carbonyl (C=O) groups excluding carboxylic acids is 1. The van der Waals surface area contributed by atoms with E-state index in [-0.39, 0.29) is 41.6 Å². The first-order valence-electron chi connectivity index (χ1n) is 17.5. The second kappa shape index (κ2) is 15.2. The topological polar surface area (TPSA) is 152 Å². The number of aromatic nitrogens is 3. The highest BCUT2D eigenvalue weighted by atomic mass is 35.5. The number of methoxy groups -OCH3 is 1. The summed E-state index contributed by atoms with van der Waals surface area (Å²) in [5.41, 5.74) is 2.44. The second-order valence-electron chi connectivity index (χ2n) is 13.5. The number of rotatable bonds is 13. The zero-order valence-corrected chi connectivity index (χ0v) is 29.9. The Balaban J connectivity index is 1.31. The maximum Gasteiger partial charge on any atom is 0.387 e. The highest BCUT2D eigenvalue weighted by Crippen LogP contribution is 2.50. The van der Waals surface area contributed by atoms with E-state index in [1.54, 1.807) is 17.2 Å². The Morgan fingerprint density at radius 1 is 1.25 bits per heavy atom. The first kappa shape index (κ1) is 36.4. The fraction of sp³-hybridized carbons (Fsp3) is 0.395. The number of carboxylic acids is 1. The second-order valence-corrected chi connectivity index (χ2v) is 13.9. The maximum absolute atomic E-state index is 13.7. The van der Waals surface area contributed by atoms with Crippen molar-refractivity contribution in [2.75, 3.05) is 20.2 Å². The van der Waals surface area contributed by atoms with Crippen LogP contribution in [-0.2, 0) is 28.1 Å². The van der Waals surface area contributed by atoms with Crippen LogP contribution in [0.4, 0.5) is 8.78 Å². The Hall–Kier alpha value is -4.92. The zero-order valence-electron chi connectivity index (χ0n) is 29.2. The lowest BCUT2D eigenvalue weighted by Gasteiger charge is -2.37. The van der Waals surface area contributed by atoms with Crippen LogP contribution in [0.3, 0.4) is 0 Å². The van der Waals surface area contributed by atoms with Gasteiger partial charge in [-0.05, 0) is 49.1 Å². The molecule has 1 aliphatic carbocycles. The van der Waals surface area contributed by atoms with Gasteiger partial charge in [0.1, 0.15) is 28.4 Å². The third kappa shape index (κ3) is 7.22. The third-order valence-electron chi connectivity index (χ3n) is 10.3. The van der Waals surface area contributed by atoms with Crippen molar-refractivity contribution in [3.8, 4) is 11.6 Å². The van der Waals surface area contributed by atoms with E-state index in [1.807, 2.05) is 49.4 Å². The fourth-order valence-electron chi connectivity index (χ4n) is 7.62. The Kier molecular flexibility index (Phi) is 10.5. The highest BCUT2D eigenvalue weighted by Gasteiger charge is 2.47. The fourth-order valence-corrected chi connectivity index (χ4v) is 7.87. The van der Waals surface area contributed by atoms with Gasteiger partial charge in [0.2, 0.25) is 17.7 Å². The number of likely N-dealkylation sites (tertiary alicyclic amines) is 1. The quantitative estimate of drug-likeness (QED) is 0.151. The molecule has 3 aliphatic rings. The van der Waals surface area contributed by atoms with Crippen LogP contribution in [0.25, 0.3) is 16.7 Å². The molecule has 278 valence electrons. The molecule has 2 aromatic carbocycles. The SMILES string of the molecule is COc1nc(C2(c3nc4cc(CN5CCC[C@H]5C(=O)O)c(OC(F)F)cc4o3)C=CC=C(c3ccccc3Cl)C2C)cnc1CNCC1CCC(=O)N1. The van der Waals surface area contributed by atoms with Crippen molar-refractivity contribution in [3.05, 3.63) is 94.3 Å². The molecule has 2 aromatic heterocycles. The van der Waals surface area contributed by atoms with Crippen LogP contribution >= 0.6 is 11.6 Å². The summed E-state index contributed by atoms with van der Waals surface area (Å²) in [6.45, 7) is 0.353. The summed E-state index contributed by atoms with van der Waals surface area (Å²) in [6, 6.07) is 9.78. The van der Waals surface area contributed by atoms with Gasteiger partial charge in [0.05, 0.1) is 19.0 Å². The molecule has 53 heavy (non-hydrogen) atoms. The van der Waals surface area contributed by atoms with Gasteiger partial charge in [0.15, 0.2) is 5.58 Å². The molecule has 0 radical (unpaired) electrons. The highest BCUT2D eigenvalue weighted by molar-refractivity contribution is 6.32. The largest absolute Gasteiger partial charge is 0.480 e. The van der Waals surface area contributed by atoms with Gasteiger partial charge in [-0.2, -0.15) is 8.78 Å². The molecular weight excluding hydrogens is 710 g/mol. The van der Waals surface area contributed by atoms with Gasteiger partial charge >= 0.3 is 12.6 Å². The first-order chi connectivity index (χ1) is 25.6. The molecule has 3 unspecified atom stereocenters. The number of hydrogen-bond donors (Lipinski definition) is 3. The molecule has 15 heteroatoms. The average Bonchev–Trinajstić information content (AvgIpc) is 3.89. The molecule has 0 bridgehead atoms. The van der Waals surface area contributed by atoms with Crippen molar-refractivity contribution < 1.29 is 37.4 Å². The normalized spacial score (nSPS) is 23.1. The number of ether oxygens (including phenoxy) is 2. The van der Waals surface area contributed by atoms with Crippen LogP contribution < -0.4 is 20.1 Å². The van der Waals surface area contributed by atoms with Crippen molar-refractivity contribution in [3.63, 3.8) is 0 Å². The lowest BCUT2D eigenvalue weighted by molar-refractivity contribution is -0.142. The lowest BCUT2D eigenvalue weighted by atomic mass is 9.66. The van der Waals surface area contributed by atoms with E-state index < -0.39 is 30.0 Å². The van der Waals surface area contributed by atoms with Gasteiger partial charge in [-0.1, -0.05) is 55.0 Å². The minimum Gasteiger partial charge on any atom is -0.480 e. The molecule has 3 N–H and O–H groups in total. The molecule has 0 saturated carbocycles.